The first-order valence-corrected chi connectivity index (χ1v) is 7.90. The van der Waals surface area contributed by atoms with Crippen LogP contribution in [0.15, 0.2) is 24.3 Å². The molecule has 0 atom stereocenters. The van der Waals surface area contributed by atoms with E-state index in [1.165, 1.54) is 0 Å². The molecular weight excluding hydrogens is 252 g/mol. The van der Waals surface area contributed by atoms with Gasteiger partial charge < -0.3 is 9.47 Å². The van der Waals surface area contributed by atoms with Gasteiger partial charge in [-0.3, -0.25) is 0 Å². The molecule has 0 saturated carbocycles. The van der Waals surface area contributed by atoms with E-state index in [1.807, 2.05) is 0 Å². The molecule has 0 radical (unpaired) electrons. The fourth-order valence-corrected chi connectivity index (χ4v) is 1.65. The standard InChI is InChI=1S/C17H30O3/c1-3-5-7-9-11-13-15-19-17(18)20-16-14-12-10-8-6-4-2/h5-8H,3-4,9-16H2,1-2H3/b7-5-,8-6-. The van der Waals surface area contributed by atoms with Crippen LogP contribution in [0.5, 0.6) is 0 Å². The zero-order chi connectivity index (χ0) is 14.9. The summed E-state index contributed by atoms with van der Waals surface area (Å²) in [6, 6.07) is 0. The van der Waals surface area contributed by atoms with E-state index in [9.17, 15) is 4.79 Å². The number of hydrogen-bond acceptors (Lipinski definition) is 3. The largest absolute Gasteiger partial charge is 0.508 e. The Morgan fingerprint density at radius 3 is 1.60 bits per heavy atom. The molecule has 0 aromatic carbocycles. The first-order chi connectivity index (χ1) is 9.81. The van der Waals surface area contributed by atoms with Crippen molar-refractivity contribution in [2.75, 3.05) is 13.2 Å². The van der Waals surface area contributed by atoms with Gasteiger partial charge in [-0.2, -0.15) is 0 Å². The molecule has 0 aliphatic rings. The molecule has 116 valence electrons. The van der Waals surface area contributed by atoms with Gasteiger partial charge >= 0.3 is 6.16 Å². The summed E-state index contributed by atoms with van der Waals surface area (Å²) in [5.74, 6) is 0. The van der Waals surface area contributed by atoms with Crippen molar-refractivity contribution in [2.24, 2.45) is 0 Å². The van der Waals surface area contributed by atoms with Gasteiger partial charge in [-0.05, 0) is 51.4 Å². The van der Waals surface area contributed by atoms with Crippen LogP contribution in [0.1, 0.15) is 65.2 Å². The Balaban J connectivity index is 3.24. The van der Waals surface area contributed by atoms with Crippen LogP contribution in [0, 0.1) is 0 Å². The summed E-state index contributed by atoms with van der Waals surface area (Å²) >= 11 is 0. The molecular formula is C17H30O3. The van der Waals surface area contributed by atoms with Gasteiger partial charge in [-0.25, -0.2) is 4.79 Å². The Hall–Kier alpha value is -1.25. The van der Waals surface area contributed by atoms with Crippen LogP contribution in [0.4, 0.5) is 4.79 Å². The zero-order valence-electron chi connectivity index (χ0n) is 13.1. The summed E-state index contributed by atoms with van der Waals surface area (Å²) in [5.41, 5.74) is 0. The fourth-order valence-electron chi connectivity index (χ4n) is 1.65. The second-order valence-corrected chi connectivity index (χ2v) is 4.70. The molecule has 20 heavy (non-hydrogen) atoms. The summed E-state index contributed by atoms with van der Waals surface area (Å²) < 4.78 is 9.99. The van der Waals surface area contributed by atoms with E-state index in [4.69, 9.17) is 9.47 Å². The lowest BCUT2D eigenvalue weighted by Gasteiger charge is -2.05. The van der Waals surface area contributed by atoms with Crippen LogP contribution >= 0.6 is 0 Å². The van der Waals surface area contributed by atoms with Crippen LogP contribution < -0.4 is 0 Å². The number of rotatable bonds is 12. The number of carbonyl (C=O) groups excluding carboxylic acids is 1. The number of ether oxygens (including phenoxy) is 2. The summed E-state index contributed by atoms with van der Waals surface area (Å²) in [7, 11) is 0. The summed E-state index contributed by atoms with van der Waals surface area (Å²) in [6.07, 6.45) is 16.3. The van der Waals surface area contributed by atoms with Crippen LogP contribution in [-0.2, 0) is 9.47 Å². The molecule has 0 aliphatic carbocycles. The number of unbranched alkanes of at least 4 members (excludes halogenated alkanes) is 4. The highest BCUT2D eigenvalue weighted by Gasteiger charge is 2.02. The van der Waals surface area contributed by atoms with Crippen molar-refractivity contribution in [1.29, 1.82) is 0 Å². The van der Waals surface area contributed by atoms with Crippen molar-refractivity contribution < 1.29 is 14.3 Å². The quantitative estimate of drug-likeness (QED) is 0.272. The molecule has 0 spiro atoms. The first-order valence-electron chi connectivity index (χ1n) is 7.90. The van der Waals surface area contributed by atoms with Gasteiger partial charge in [0.2, 0.25) is 0 Å². The highest BCUT2D eigenvalue weighted by atomic mass is 16.7. The van der Waals surface area contributed by atoms with E-state index < -0.39 is 6.16 Å². The molecule has 0 aromatic rings. The van der Waals surface area contributed by atoms with Crippen LogP contribution in [-0.4, -0.2) is 19.4 Å². The van der Waals surface area contributed by atoms with E-state index in [0.717, 1.165) is 51.4 Å². The second kappa shape index (κ2) is 15.8. The van der Waals surface area contributed by atoms with Crippen LogP contribution in [0.3, 0.4) is 0 Å². The minimum absolute atomic E-state index is 0.456. The van der Waals surface area contributed by atoms with Crippen molar-refractivity contribution >= 4 is 6.16 Å². The Morgan fingerprint density at radius 2 is 1.20 bits per heavy atom. The SMILES string of the molecule is CC/C=C\CCCCOC(=O)OCCCC/C=C\CC. The van der Waals surface area contributed by atoms with Crippen molar-refractivity contribution in [1.82, 2.24) is 0 Å². The van der Waals surface area contributed by atoms with Gasteiger partial charge in [-0.15, -0.1) is 0 Å². The zero-order valence-corrected chi connectivity index (χ0v) is 13.1. The first kappa shape index (κ1) is 18.8. The molecule has 0 heterocycles. The monoisotopic (exact) mass is 282 g/mol. The average Bonchev–Trinajstić information content (AvgIpc) is 2.45. The molecule has 0 amide bonds. The molecule has 3 nitrogen and oxygen atoms in total. The third-order valence-electron chi connectivity index (χ3n) is 2.77. The predicted molar refractivity (Wildman–Crippen MR) is 83.9 cm³/mol. The summed E-state index contributed by atoms with van der Waals surface area (Å²) in [6.45, 7) is 5.15. The van der Waals surface area contributed by atoms with Gasteiger partial charge in [0, 0.05) is 0 Å². The number of hydrogen-bond donors (Lipinski definition) is 0. The smallest absolute Gasteiger partial charge is 0.434 e. The van der Waals surface area contributed by atoms with Gasteiger partial charge in [0.25, 0.3) is 0 Å². The molecule has 0 saturated heterocycles. The van der Waals surface area contributed by atoms with Gasteiger partial charge in [-0.1, -0.05) is 38.2 Å². The topological polar surface area (TPSA) is 35.5 Å². The fraction of sp³-hybridized carbons (Fsp3) is 0.706. The highest BCUT2D eigenvalue weighted by molar-refractivity contribution is 5.59. The van der Waals surface area contributed by atoms with E-state index in [1.54, 1.807) is 0 Å². The minimum Gasteiger partial charge on any atom is -0.434 e. The number of allylic oxidation sites excluding steroid dienone is 4. The van der Waals surface area contributed by atoms with E-state index in [-0.39, 0.29) is 0 Å². The van der Waals surface area contributed by atoms with Crippen LogP contribution in [0.25, 0.3) is 0 Å². The molecule has 0 fully saturated rings. The molecule has 0 unspecified atom stereocenters. The molecule has 0 N–H and O–H groups in total. The van der Waals surface area contributed by atoms with Crippen molar-refractivity contribution in [3.8, 4) is 0 Å². The predicted octanol–water partition coefficient (Wildman–Crippen LogP) is 5.41. The Morgan fingerprint density at radius 1 is 0.750 bits per heavy atom. The molecule has 0 aromatic heterocycles. The maximum absolute atomic E-state index is 11.2. The lowest BCUT2D eigenvalue weighted by atomic mass is 10.2. The maximum atomic E-state index is 11.2. The normalized spacial score (nSPS) is 11.3. The Kier molecular flexibility index (Phi) is 14.8. The highest BCUT2D eigenvalue weighted by Crippen LogP contribution is 2.01. The number of carbonyl (C=O) groups is 1. The van der Waals surface area contributed by atoms with Crippen molar-refractivity contribution in [3.05, 3.63) is 24.3 Å². The van der Waals surface area contributed by atoms with Gasteiger partial charge in [0.05, 0.1) is 13.2 Å². The van der Waals surface area contributed by atoms with Crippen molar-refractivity contribution in [2.45, 2.75) is 65.2 Å². The Bertz CT molecular complexity index is 243. The summed E-state index contributed by atoms with van der Waals surface area (Å²) in [5, 5.41) is 0. The maximum Gasteiger partial charge on any atom is 0.508 e. The van der Waals surface area contributed by atoms with Gasteiger partial charge in [0.15, 0.2) is 0 Å². The van der Waals surface area contributed by atoms with Crippen LogP contribution in [0.2, 0.25) is 0 Å². The Labute approximate surface area is 124 Å². The van der Waals surface area contributed by atoms with Crippen molar-refractivity contribution in [3.63, 3.8) is 0 Å². The summed E-state index contributed by atoms with van der Waals surface area (Å²) in [4.78, 5) is 11.2. The minimum atomic E-state index is -0.529. The molecule has 3 heteroatoms. The lowest BCUT2D eigenvalue weighted by Crippen LogP contribution is -2.09. The van der Waals surface area contributed by atoms with E-state index in [2.05, 4.69) is 38.2 Å². The molecule has 0 bridgehead atoms. The molecule has 0 aliphatic heterocycles. The second-order valence-electron chi connectivity index (χ2n) is 4.70. The third-order valence-corrected chi connectivity index (χ3v) is 2.77. The molecule has 0 rings (SSSR count). The van der Waals surface area contributed by atoms with E-state index in [0.29, 0.717) is 13.2 Å². The average molecular weight is 282 g/mol. The van der Waals surface area contributed by atoms with Gasteiger partial charge in [0.1, 0.15) is 0 Å². The lowest BCUT2D eigenvalue weighted by molar-refractivity contribution is 0.0532. The third kappa shape index (κ3) is 14.8. The van der Waals surface area contributed by atoms with E-state index >= 15 is 0 Å².